The van der Waals surface area contributed by atoms with Crippen LogP contribution in [0.25, 0.3) is 10.9 Å². The van der Waals surface area contributed by atoms with Gasteiger partial charge in [-0.25, -0.2) is 4.79 Å². The number of carboxylic acid groups (broad SMARTS) is 1. The fraction of sp³-hybridized carbons (Fsp3) is 0.538. The third kappa shape index (κ3) is 8.50. The minimum absolute atomic E-state index is 0.139. The summed E-state index contributed by atoms with van der Waals surface area (Å²) in [7, 11) is 0. The predicted molar refractivity (Wildman–Crippen MR) is 146 cm³/mol. The van der Waals surface area contributed by atoms with Crippen molar-refractivity contribution in [2.75, 3.05) is 12.0 Å². The van der Waals surface area contributed by atoms with E-state index < -0.39 is 47.9 Å². The van der Waals surface area contributed by atoms with Gasteiger partial charge in [0.1, 0.15) is 18.1 Å². The first-order chi connectivity index (χ1) is 17.5. The van der Waals surface area contributed by atoms with Crippen molar-refractivity contribution in [3.8, 4) is 0 Å². The molecule has 204 valence electrons. The monoisotopic (exact) mass is 533 g/mol. The molecule has 4 atom stereocenters. The quantitative estimate of drug-likeness (QED) is 0.215. The van der Waals surface area contributed by atoms with Crippen LogP contribution < -0.4 is 21.7 Å². The van der Waals surface area contributed by atoms with Crippen molar-refractivity contribution in [2.24, 2.45) is 17.6 Å². The number of para-hydroxylation sites is 1. The van der Waals surface area contributed by atoms with Crippen molar-refractivity contribution in [1.82, 2.24) is 20.9 Å². The number of amides is 3. The zero-order valence-electron chi connectivity index (χ0n) is 22.0. The number of H-pyrrole nitrogens is 1. The Morgan fingerprint density at radius 2 is 1.59 bits per heavy atom. The molecule has 0 radical (unpaired) electrons. The molecular weight excluding hydrogens is 494 g/mol. The largest absolute Gasteiger partial charge is 0.480 e. The average molecular weight is 534 g/mol. The van der Waals surface area contributed by atoms with Crippen LogP contribution in [-0.4, -0.2) is 70.0 Å². The zero-order chi connectivity index (χ0) is 27.7. The number of nitrogens with two attached hydrogens (primary N) is 1. The molecule has 0 spiro atoms. The lowest BCUT2D eigenvalue weighted by Gasteiger charge is -2.27. The van der Waals surface area contributed by atoms with E-state index in [1.165, 1.54) is 11.8 Å². The van der Waals surface area contributed by atoms with Gasteiger partial charge in [0, 0.05) is 23.5 Å². The van der Waals surface area contributed by atoms with E-state index in [9.17, 15) is 24.3 Å². The Bertz CT molecular complexity index is 1090. The number of carboxylic acids is 1. The lowest BCUT2D eigenvalue weighted by Crippen LogP contribution is -2.59. The topological polar surface area (TPSA) is 166 Å². The number of fused-ring (bicyclic) bond motifs is 1. The number of benzene rings is 1. The Morgan fingerprint density at radius 3 is 2.19 bits per heavy atom. The molecule has 11 heteroatoms. The SMILES string of the molecule is CSCCC(NC(=O)C(NC(=O)C(Cc1c[nH]c2ccccc12)NC(=O)C(N)C(C)C)C(C)C)C(=O)O. The van der Waals surface area contributed by atoms with Gasteiger partial charge in [0.15, 0.2) is 0 Å². The number of aromatic nitrogens is 1. The van der Waals surface area contributed by atoms with Gasteiger partial charge < -0.3 is 31.8 Å². The fourth-order valence-corrected chi connectivity index (χ4v) is 4.32. The predicted octanol–water partition coefficient (Wildman–Crippen LogP) is 1.64. The molecule has 1 aromatic heterocycles. The highest BCUT2D eigenvalue weighted by Gasteiger charge is 2.32. The molecule has 2 aromatic rings. The van der Waals surface area contributed by atoms with Crippen LogP contribution in [0.5, 0.6) is 0 Å². The van der Waals surface area contributed by atoms with E-state index in [1.807, 2.05) is 44.4 Å². The number of aromatic amines is 1. The first-order valence-electron chi connectivity index (χ1n) is 12.4. The van der Waals surface area contributed by atoms with Gasteiger partial charge in [-0.05, 0) is 41.9 Å². The second kappa shape index (κ2) is 14.0. The molecular formula is C26H39N5O5S. The Morgan fingerprint density at radius 1 is 0.946 bits per heavy atom. The lowest BCUT2D eigenvalue weighted by molar-refractivity contribution is -0.142. The molecule has 0 fully saturated rings. The number of carbonyl (C=O) groups excluding carboxylic acids is 3. The van der Waals surface area contributed by atoms with E-state index in [0.29, 0.717) is 5.75 Å². The van der Waals surface area contributed by atoms with E-state index in [-0.39, 0.29) is 24.7 Å². The summed E-state index contributed by atoms with van der Waals surface area (Å²) in [4.78, 5) is 54.1. The molecule has 37 heavy (non-hydrogen) atoms. The number of thioether (sulfide) groups is 1. The van der Waals surface area contributed by atoms with Crippen molar-refractivity contribution >= 4 is 46.4 Å². The highest BCUT2D eigenvalue weighted by molar-refractivity contribution is 7.98. The van der Waals surface area contributed by atoms with Gasteiger partial charge >= 0.3 is 5.97 Å². The van der Waals surface area contributed by atoms with Crippen LogP contribution >= 0.6 is 11.8 Å². The maximum Gasteiger partial charge on any atom is 0.326 e. The van der Waals surface area contributed by atoms with Gasteiger partial charge in [0.05, 0.1) is 6.04 Å². The summed E-state index contributed by atoms with van der Waals surface area (Å²) in [5.74, 6) is -2.66. The highest BCUT2D eigenvalue weighted by atomic mass is 32.2. The van der Waals surface area contributed by atoms with Crippen LogP contribution in [0.4, 0.5) is 0 Å². The van der Waals surface area contributed by atoms with Crippen molar-refractivity contribution in [1.29, 1.82) is 0 Å². The van der Waals surface area contributed by atoms with Gasteiger partial charge in [0.2, 0.25) is 17.7 Å². The van der Waals surface area contributed by atoms with E-state index >= 15 is 0 Å². The van der Waals surface area contributed by atoms with Crippen LogP contribution in [0.1, 0.15) is 39.7 Å². The van der Waals surface area contributed by atoms with E-state index in [2.05, 4.69) is 20.9 Å². The molecule has 3 amide bonds. The van der Waals surface area contributed by atoms with Crippen LogP contribution in [-0.2, 0) is 25.6 Å². The second-order valence-corrected chi connectivity index (χ2v) is 10.8. The Labute approximate surface area is 221 Å². The average Bonchev–Trinajstić information content (AvgIpc) is 3.26. The first kappa shape index (κ1) is 30.2. The molecule has 0 aliphatic rings. The maximum atomic E-state index is 13.5. The third-order valence-electron chi connectivity index (χ3n) is 6.23. The fourth-order valence-electron chi connectivity index (χ4n) is 3.84. The Kier molecular flexibility index (Phi) is 11.4. The molecule has 1 aromatic carbocycles. The summed E-state index contributed by atoms with van der Waals surface area (Å²) in [6.07, 6.45) is 4.07. The van der Waals surface area contributed by atoms with Crippen molar-refractivity contribution in [2.45, 2.75) is 64.7 Å². The molecule has 0 saturated carbocycles. The van der Waals surface area contributed by atoms with Crippen molar-refractivity contribution in [3.05, 3.63) is 36.0 Å². The highest BCUT2D eigenvalue weighted by Crippen LogP contribution is 2.19. The molecule has 0 bridgehead atoms. The lowest BCUT2D eigenvalue weighted by atomic mass is 9.99. The summed E-state index contributed by atoms with van der Waals surface area (Å²) in [6, 6.07) is 3.74. The normalized spacial score (nSPS) is 14.7. The molecule has 0 aliphatic heterocycles. The Hall–Kier alpha value is -3.05. The number of hydrogen-bond acceptors (Lipinski definition) is 6. The third-order valence-corrected chi connectivity index (χ3v) is 6.87. The van der Waals surface area contributed by atoms with Gasteiger partial charge in [-0.3, -0.25) is 14.4 Å². The standard InChI is InChI=1S/C26H39N5O5S/c1-14(2)21(27)24(33)30-20(12-16-13-28-18-9-7-6-8-17(16)18)23(32)31-22(15(3)4)25(34)29-19(26(35)36)10-11-37-5/h6-9,13-15,19-22,28H,10-12,27H2,1-5H3,(H,29,34)(H,30,33)(H,31,32)(H,35,36). The molecule has 2 rings (SSSR count). The second-order valence-electron chi connectivity index (χ2n) is 9.81. The van der Waals surface area contributed by atoms with Gasteiger partial charge in [-0.15, -0.1) is 0 Å². The summed E-state index contributed by atoms with van der Waals surface area (Å²) >= 11 is 1.48. The number of hydrogen-bond donors (Lipinski definition) is 6. The number of aliphatic carboxylic acids is 1. The summed E-state index contributed by atoms with van der Waals surface area (Å²) in [5.41, 5.74) is 7.74. The van der Waals surface area contributed by atoms with Gasteiger partial charge in [-0.1, -0.05) is 45.9 Å². The minimum atomic E-state index is -1.14. The summed E-state index contributed by atoms with van der Waals surface area (Å²) in [5, 5.41) is 18.4. The summed E-state index contributed by atoms with van der Waals surface area (Å²) < 4.78 is 0. The van der Waals surface area contributed by atoms with Crippen LogP contribution in [0.3, 0.4) is 0 Å². The first-order valence-corrected chi connectivity index (χ1v) is 13.8. The Balaban J connectivity index is 2.27. The van der Waals surface area contributed by atoms with Crippen molar-refractivity contribution in [3.63, 3.8) is 0 Å². The van der Waals surface area contributed by atoms with Gasteiger partial charge in [0.25, 0.3) is 0 Å². The molecule has 7 N–H and O–H groups in total. The van der Waals surface area contributed by atoms with E-state index in [1.54, 1.807) is 20.0 Å². The van der Waals surface area contributed by atoms with Gasteiger partial charge in [-0.2, -0.15) is 11.8 Å². The minimum Gasteiger partial charge on any atom is -0.480 e. The van der Waals surface area contributed by atoms with Crippen LogP contribution in [0, 0.1) is 11.8 Å². The zero-order valence-corrected chi connectivity index (χ0v) is 22.9. The van der Waals surface area contributed by atoms with Crippen LogP contribution in [0.2, 0.25) is 0 Å². The molecule has 1 heterocycles. The van der Waals surface area contributed by atoms with E-state index in [0.717, 1.165) is 16.5 Å². The van der Waals surface area contributed by atoms with Crippen LogP contribution in [0.15, 0.2) is 30.5 Å². The molecule has 0 aliphatic carbocycles. The number of carbonyl (C=O) groups is 4. The maximum absolute atomic E-state index is 13.5. The smallest absolute Gasteiger partial charge is 0.326 e. The number of rotatable bonds is 14. The molecule has 4 unspecified atom stereocenters. The number of nitrogens with one attached hydrogen (secondary N) is 4. The van der Waals surface area contributed by atoms with Crippen molar-refractivity contribution < 1.29 is 24.3 Å². The summed E-state index contributed by atoms with van der Waals surface area (Å²) in [6.45, 7) is 7.14. The molecule has 0 saturated heterocycles. The molecule has 10 nitrogen and oxygen atoms in total. The van der Waals surface area contributed by atoms with E-state index in [4.69, 9.17) is 5.73 Å².